The minimum atomic E-state index is -1.17. The summed E-state index contributed by atoms with van der Waals surface area (Å²) in [7, 11) is 0. The number of aliphatic hydroxyl groups is 1. The predicted molar refractivity (Wildman–Crippen MR) is 57.7 cm³/mol. The van der Waals surface area contributed by atoms with Gasteiger partial charge in [-0.05, 0) is 0 Å². The van der Waals surface area contributed by atoms with Crippen LogP contribution < -0.4 is 11.1 Å². The predicted octanol–water partition coefficient (Wildman–Crippen LogP) is -1.69. The molecule has 0 aromatic rings. The number of carbonyl (C=O) groups excluding carboxylic acids is 2. The molecule has 1 rings (SSSR count). The van der Waals surface area contributed by atoms with Crippen molar-refractivity contribution in [3.8, 4) is 0 Å². The van der Waals surface area contributed by atoms with Crippen LogP contribution in [0.5, 0.6) is 0 Å². The highest BCUT2D eigenvalue weighted by molar-refractivity contribution is 5.83. The number of primary amides is 1. The van der Waals surface area contributed by atoms with Gasteiger partial charge in [0.15, 0.2) is 0 Å². The Balaban J connectivity index is 2.40. The van der Waals surface area contributed by atoms with Crippen LogP contribution in [0.15, 0.2) is 0 Å². The maximum atomic E-state index is 11.6. The van der Waals surface area contributed by atoms with Crippen molar-refractivity contribution in [1.82, 2.24) is 10.2 Å². The van der Waals surface area contributed by atoms with Crippen molar-refractivity contribution in [1.29, 1.82) is 0 Å². The van der Waals surface area contributed by atoms with Crippen molar-refractivity contribution in [2.75, 3.05) is 19.7 Å². The van der Waals surface area contributed by atoms with Crippen molar-refractivity contribution < 1.29 is 29.3 Å². The molecule has 0 spiro atoms. The van der Waals surface area contributed by atoms with Gasteiger partial charge in [-0.3, -0.25) is 0 Å². The van der Waals surface area contributed by atoms with Crippen LogP contribution in [0.25, 0.3) is 0 Å². The highest BCUT2D eigenvalue weighted by Gasteiger charge is 2.38. The van der Waals surface area contributed by atoms with Crippen molar-refractivity contribution in [2.24, 2.45) is 5.73 Å². The number of aliphatic carboxylic acids is 1. The second-order valence-electron chi connectivity index (χ2n) is 3.80. The number of hydrogen-bond donors (Lipinski definition) is 4. The van der Waals surface area contributed by atoms with Crippen molar-refractivity contribution in [3.63, 3.8) is 0 Å². The normalized spacial score (nSPS) is 22.6. The van der Waals surface area contributed by atoms with Gasteiger partial charge in [0.05, 0.1) is 12.6 Å². The molecule has 9 heteroatoms. The van der Waals surface area contributed by atoms with E-state index >= 15 is 0 Å². The van der Waals surface area contributed by atoms with Gasteiger partial charge in [-0.2, -0.15) is 0 Å². The zero-order valence-electron chi connectivity index (χ0n) is 9.54. The minimum absolute atomic E-state index is 0.000535. The van der Waals surface area contributed by atoms with E-state index in [1.54, 1.807) is 0 Å². The zero-order valence-corrected chi connectivity index (χ0v) is 9.54. The summed E-state index contributed by atoms with van der Waals surface area (Å²) in [6, 6.07) is -1.68. The lowest BCUT2D eigenvalue weighted by molar-refractivity contribution is -0.141. The van der Waals surface area contributed by atoms with Crippen LogP contribution in [-0.4, -0.2) is 65.0 Å². The largest absolute Gasteiger partial charge is 0.480 e. The molecule has 1 aliphatic rings. The number of carbonyl (C=O) groups is 3. The van der Waals surface area contributed by atoms with E-state index in [9.17, 15) is 19.5 Å². The molecule has 3 amide bonds. The molecule has 102 valence electrons. The number of nitrogens with zero attached hydrogens (tertiary/aromatic N) is 1. The molecule has 1 saturated heterocycles. The van der Waals surface area contributed by atoms with Crippen molar-refractivity contribution >= 4 is 18.1 Å². The van der Waals surface area contributed by atoms with E-state index in [0.29, 0.717) is 0 Å². The summed E-state index contributed by atoms with van der Waals surface area (Å²) in [5.41, 5.74) is 4.72. The van der Waals surface area contributed by atoms with Crippen LogP contribution in [0, 0.1) is 0 Å². The van der Waals surface area contributed by atoms with E-state index in [0.717, 1.165) is 4.90 Å². The molecule has 0 radical (unpaired) electrons. The number of amides is 3. The van der Waals surface area contributed by atoms with Crippen LogP contribution in [-0.2, 0) is 9.53 Å². The molecule has 0 aromatic heterocycles. The number of carboxylic acids is 1. The number of β-amino-alcohol motifs (C(OH)–C–C–N with tert-alkyl or cyclic N) is 1. The van der Waals surface area contributed by atoms with Crippen LogP contribution in [0.1, 0.15) is 6.42 Å². The van der Waals surface area contributed by atoms with Gasteiger partial charge >= 0.3 is 18.1 Å². The maximum Gasteiger partial charge on any atom is 0.404 e. The summed E-state index contributed by atoms with van der Waals surface area (Å²) < 4.78 is 4.39. The maximum absolute atomic E-state index is 11.6. The highest BCUT2D eigenvalue weighted by Crippen LogP contribution is 2.17. The van der Waals surface area contributed by atoms with Gasteiger partial charge in [0.25, 0.3) is 0 Å². The number of likely N-dealkylation sites (tertiary alicyclic amines) is 1. The Morgan fingerprint density at radius 1 is 1.44 bits per heavy atom. The molecule has 1 fully saturated rings. The van der Waals surface area contributed by atoms with Gasteiger partial charge in [-0.15, -0.1) is 0 Å². The molecule has 1 aliphatic heterocycles. The lowest BCUT2D eigenvalue weighted by atomic mass is 10.2. The summed E-state index contributed by atoms with van der Waals surface area (Å²) in [5.74, 6) is -1.17. The smallest absolute Gasteiger partial charge is 0.404 e. The third-order valence-electron chi connectivity index (χ3n) is 2.45. The van der Waals surface area contributed by atoms with Gasteiger partial charge in [-0.25, -0.2) is 14.4 Å². The number of carboxylic acid groups (broad SMARTS) is 1. The number of nitrogens with one attached hydrogen (secondary N) is 1. The molecule has 0 bridgehead atoms. The first-order chi connectivity index (χ1) is 8.41. The third kappa shape index (κ3) is 3.77. The molecular formula is C9H15N3O6. The topological polar surface area (TPSA) is 142 Å². The molecule has 2 atom stereocenters. The molecule has 0 unspecified atom stereocenters. The third-order valence-corrected chi connectivity index (χ3v) is 2.45. The van der Waals surface area contributed by atoms with Crippen molar-refractivity contribution in [2.45, 2.75) is 18.6 Å². The van der Waals surface area contributed by atoms with E-state index in [-0.39, 0.29) is 26.1 Å². The molecule has 1 heterocycles. The first-order valence-corrected chi connectivity index (χ1v) is 5.29. The lowest BCUT2D eigenvalue weighted by Crippen LogP contribution is -2.47. The Kier molecular flexibility index (Phi) is 4.72. The van der Waals surface area contributed by atoms with Crippen LogP contribution in [0.3, 0.4) is 0 Å². The van der Waals surface area contributed by atoms with Gasteiger partial charge in [-0.1, -0.05) is 0 Å². The number of nitrogens with two attached hydrogens (primary N) is 1. The fourth-order valence-corrected chi connectivity index (χ4v) is 1.68. The fraction of sp³-hybridized carbons (Fsp3) is 0.667. The average Bonchev–Trinajstić information content (AvgIpc) is 2.66. The second kappa shape index (κ2) is 6.05. The molecule has 5 N–H and O–H groups in total. The molecule has 0 saturated carbocycles. The second-order valence-corrected chi connectivity index (χ2v) is 3.80. The van der Waals surface area contributed by atoms with E-state index in [1.165, 1.54) is 0 Å². The summed E-state index contributed by atoms with van der Waals surface area (Å²) in [5, 5.41) is 20.6. The standard InChI is InChI=1S/C9H15N3O6/c10-8(16)18-2-1-11-9(17)12-4-5(13)3-6(12)7(14)15/h5-6,13H,1-4H2,(H2,10,16)(H,11,17)(H,14,15)/t5-,6-/m1/s1. The lowest BCUT2D eigenvalue weighted by Gasteiger charge is -2.21. The number of rotatable bonds is 4. The quantitative estimate of drug-likeness (QED) is 0.445. The average molecular weight is 261 g/mol. The van der Waals surface area contributed by atoms with E-state index < -0.39 is 30.2 Å². The highest BCUT2D eigenvalue weighted by atomic mass is 16.5. The molecule has 9 nitrogen and oxygen atoms in total. The monoisotopic (exact) mass is 261 g/mol. The van der Waals surface area contributed by atoms with Crippen LogP contribution >= 0.6 is 0 Å². The Morgan fingerprint density at radius 2 is 2.11 bits per heavy atom. The summed E-state index contributed by atoms with van der Waals surface area (Å²) in [6.45, 7) is -0.130. The van der Waals surface area contributed by atoms with Gasteiger partial charge in [0, 0.05) is 13.0 Å². The first kappa shape index (κ1) is 14.0. The number of ether oxygens (including phenoxy) is 1. The van der Waals surface area contributed by atoms with Gasteiger partial charge < -0.3 is 30.9 Å². The zero-order chi connectivity index (χ0) is 13.7. The Labute approximate surface area is 102 Å². The van der Waals surface area contributed by atoms with E-state index in [1.807, 2.05) is 0 Å². The Bertz CT molecular complexity index is 347. The first-order valence-electron chi connectivity index (χ1n) is 5.29. The summed E-state index contributed by atoms with van der Waals surface area (Å²) in [4.78, 5) is 33.8. The number of urea groups is 1. The molecule has 18 heavy (non-hydrogen) atoms. The summed E-state index contributed by atoms with van der Waals surface area (Å²) in [6.07, 6.45) is -1.80. The van der Waals surface area contributed by atoms with E-state index in [4.69, 9.17) is 10.8 Å². The minimum Gasteiger partial charge on any atom is -0.480 e. The van der Waals surface area contributed by atoms with Gasteiger partial charge in [0.2, 0.25) is 0 Å². The molecule has 0 aliphatic carbocycles. The van der Waals surface area contributed by atoms with Crippen LogP contribution in [0.2, 0.25) is 0 Å². The Hall–Kier alpha value is -2.03. The Morgan fingerprint density at radius 3 is 2.67 bits per heavy atom. The SMILES string of the molecule is NC(=O)OCCNC(=O)N1C[C@H](O)C[C@@H]1C(=O)O. The number of aliphatic hydroxyl groups excluding tert-OH is 1. The fourth-order valence-electron chi connectivity index (χ4n) is 1.68. The van der Waals surface area contributed by atoms with Crippen molar-refractivity contribution in [3.05, 3.63) is 0 Å². The number of hydrogen-bond acceptors (Lipinski definition) is 5. The van der Waals surface area contributed by atoms with E-state index in [2.05, 4.69) is 10.1 Å². The summed E-state index contributed by atoms with van der Waals surface area (Å²) >= 11 is 0. The van der Waals surface area contributed by atoms with Gasteiger partial charge in [0.1, 0.15) is 12.6 Å². The van der Waals surface area contributed by atoms with Crippen LogP contribution in [0.4, 0.5) is 9.59 Å². The molecule has 0 aromatic carbocycles. The molecular weight excluding hydrogens is 246 g/mol.